The van der Waals surface area contributed by atoms with Crippen molar-refractivity contribution in [1.29, 1.82) is 0 Å². The molecule has 2 nitrogen and oxygen atoms in total. The fourth-order valence-corrected chi connectivity index (χ4v) is 2.33. The van der Waals surface area contributed by atoms with E-state index in [-0.39, 0.29) is 0 Å². The lowest BCUT2D eigenvalue weighted by atomic mass is 10.0. The van der Waals surface area contributed by atoms with Gasteiger partial charge in [-0.3, -0.25) is 0 Å². The van der Waals surface area contributed by atoms with Crippen LogP contribution >= 0.6 is 11.6 Å². The Labute approximate surface area is 103 Å². The molecule has 0 amide bonds. The van der Waals surface area contributed by atoms with Gasteiger partial charge in [-0.15, -0.1) is 0 Å². The average molecular weight is 239 g/mol. The Hall–Kier alpha value is -0.570. The van der Waals surface area contributed by atoms with Crippen LogP contribution in [0.15, 0.2) is 18.2 Å². The van der Waals surface area contributed by atoms with Gasteiger partial charge >= 0.3 is 0 Å². The van der Waals surface area contributed by atoms with Gasteiger partial charge in [-0.1, -0.05) is 23.7 Å². The fourth-order valence-electron chi connectivity index (χ4n) is 2.13. The largest absolute Gasteiger partial charge is 0.314 e. The third kappa shape index (κ3) is 2.76. The maximum absolute atomic E-state index is 6.14. The Morgan fingerprint density at radius 1 is 1.50 bits per heavy atom. The van der Waals surface area contributed by atoms with Crippen molar-refractivity contribution >= 4 is 11.6 Å². The molecule has 1 unspecified atom stereocenters. The highest BCUT2D eigenvalue weighted by Crippen LogP contribution is 2.18. The molecule has 3 heteroatoms. The van der Waals surface area contributed by atoms with Crippen LogP contribution in [0, 0.1) is 6.92 Å². The van der Waals surface area contributed by atoms with E-state index in [4.69, 9.17) is 11.6 Å². The van der Waals surface area contributed by atoms with E-state index in [0.29, 0.717) is 6.04 Å². The van der Waals surface area contributed by atoms with Crippen molar-refractivity contribution in [2.45, 2.75) is 19.4 Å². The van der Waals surface area contributed by atoms with Crippen molar-refractivity contribution in [3.05, 3.63) is 34.3 Å². The first-order valence-electron chi connectivity index (χ1n) is 5.83. The summed E-state index contributed by atoms with van der Waals surface area (Å²) in [4.78, 5) is 2.42. The van der Waals surface area contributed by atoms with Gasteiger partial charge < -0.3 is 10.2 Å². The summed E-state index contributed by atoms with van der Waals surface area (Å²) in [5.41, 5.74) is 2.48. The van der Waals surface area contributed by atoms with Gasteiger partial charge in [0.1, 0.15) is 0 Å². The number of rotatable bonds is 2. The van der Waals surface area contributed by atoms with E-state index in [1.54, 1.807) is 0 Å². The summed E-state index contributed by atoms with van der Waals surface area (Å²) in [6.07, 6.45) is 1.07. The lowest BCUT2D eigenvalue weighted by Gasteiger charge is -2.33. The first-order valence-corrected chi connectivity index (χ1v) is 6.20. The van der Waals surface area contributed by atoms with Crippen molar-refractivity contribution in [2.24, 2.45) is 0 Å². The minimum atomic E-state index is 0.590. The molecule has 1 heterocycles. The molecule has 1 aliphatic heterocycles. The minimum Gasteiger partial charge on any atom is -0.314 e. The number of hydrogen-bond acceptors (Lipinski definition) is 2. The molecular weight excluding hydrogens is 220 g/mol. The Morgan fingerprint density at radius 3 is 3.00 bits per heavy atom. The van der Waals surface area contributed by atoms with Crippen molar-refractivity contribution in [3.8, 4) is 0 Å². The van der Waals surface area contributed by atoms with E-state index < -0.39 is 0 Å². The molecule has 1 N–H and O–H groups in total. The number of nitrogens with one attached hydrogen (secondary N) is 1. The number of benzene rings is 1. The molecule has 0 bridgehead atoms. The molecule has 2 rings (SSSR count). The summed E-state index contributed by atoms with van der Waals surface area (Å²) >= 11 is 6.14. The van der Waals surface area contributed by atoms with Crippen LogP contribution in [0.2, 0.25) is 5.02 Å². The van der Waals surface area contributed by atoms with Gasteiger partial charge in [0.25, 0.3) is 0 Å². The second kappa shape index (κ2) is 5.17. The lowest BCUT2D eigenvalue weighted by Crippen LogP contribution is -2.50. The van der Waals surface area contributed by atoms with Crippen LogP contribution < -0.4 is 5.32 Å². The summed E-state index contributed by atoms with van der Waals surface area (Å²) in [5.74, 6) is 0. The highest BCUT2D eigenvalue weighted by atomic mass is 35.5. The molecule has 1 fully saturated rings. The third-order valence-electron chi connectivity index (χ3n) is 3.35. The summed E-state index contributed by atoms with van der Waals surface area (Å²) in [5, 5.41) is 4.32. The normalized spacial score (nSPS) is 22.3. The van der Waals surface area contributed by atoms with Crippen LogP contribution in [0.3, 0.4) is 0 Å². The number of halogens is 1. The summed E-state index contributed by atoms with van der Waals surface area (Å²) < 4.78 is 0. The first kappa shape index (κ1) is 11.9. The molecule has 1 atom stereocenters. The topological polar surface area (TPSA) is 15.3 Å². The molecule has 1 aliphatic rings. The molecule has 0 radical (unpaired) electrons. The van der Waals surface area contributed by atoms with Crippen molar-refractivity contribution in [1.82, 2.24) is 10.2 Å². The van der Waals surface area contributed by atoms with E-state index in [9.17, 15) is 0 Å². The van der Waals surface area contributed by atoms with E-state index in [2.05, 4.69) is 35.5 Å². The van der Waals surface area contributed by atoms with Crippen LogP contribution in [0.25, 0.3) is 0 Å². The molecule has 1 aromatic rings. The predicted octanol–water partition coefficient (Wildman–Crippen LogP) is 2.09. The van der Waals surface area contributed by atoms with E-state index in [1.807, 2.05) is 6.92 Å². The number of hydrogen-bond donors (Lipinski definition) is 1. The average Bonchev–Trinajstić information content (AvgIpc) is 2.27. The molecule has 1 saturated heterocycles. The zero-order valence-corrected chi connectivity index (χ0v) is 10.7. The van der Waals surface area contributed by atoms with Gasteiger partial charge in [0, 0.05) is 30.7 Å². The third-order valence-corrected chi connectivity index (χ3v) is 3.76. The Balaban J connectivity index is 2.05. The highest BCUT2D eigenvalue weighted by Gasteiger charge is 2.18. The van der Waals surface area contributed by atoms with E-state index in [0.717, 1.165) is 36.6 Å². The Morgan fingerprint density at radius 2 is 2.31 bits per heavy atom. The summed E-state index contributed by atoms with van der Waals surface area (Å²) in [6.45, 7) is 5.34. The van der Waals surface area contributed by atoms with Gasteiger partial charge in [0.15, 0.2) is 0 Å². The lowest BCUT2D eigenvalue weighted by molar-refractivity contribution is 0.199. The summed E-state index contributed by atoms with van der Waals surface area (Å²) in [6, 6.07) is 6.98. The van der Waals surface area contributed by atoms with Crippen LogP contribution in [0.4, 0.5) is 0 Å². The van der Waals surface area contributed by atoms with Crippen molar-refractivity contribution in [3.63, 3.8) is 0 Å². The highest BCUT2D eigenvalue weighted by molar-refractivity contribution is 6.31. The predicted molar refractivity (Wildman–Crippen MR) is 69.2 cm³/mol. The van der Waals surface area contributed by atoms with Crippen molar-refractivity contribution in [2.75, 3.05) is 26.7 Å². The van der Waals surface area contributed by atoms with Crippen LogP contribution in [0.5, 0.6) is 0 Å². The molecule has 0 saturated carbocycles. The molecule has 0 aromatic heterocycles. The zero-order chi connectivity index (χ0) is 11.5. The Bertz CT molecular complexity index is 365. The van der Waals surface area contributed by atoms with Crippen molar-refractivity contribution < 1.29 is 0 Å². The molecule has 88 valence electrons. The van der Waals surface area contributed by atoms with Crippen LogP contribution in [0.1, 0.15) is 11.1 Å². The molecule has 1 aromatic carbocycles. The smallest absolute Gasteiger partial charge is 0.0437 e. The Kier molecular flexibility index (Phi) is 3.85. The number of piperazine rings is 1. The van der Waals surface area contributed by atoms with Crippen LogP contribution in [-0.4, -0.2) is 37.6 Å². The SMILES string of the molecule is Cc1ccc(CC2CNCCN2C)cc1Cl. The van der Waals surface area contributed by atoms with Crippen LogP contribution in [-0.2, 0) is 6.42 Å². The van der Waals surface area contributed by atoms with Gasteiger partial charge in [0.2, 0.25) is 0 Å². The quantitative estimate of drug-likeness (QED) is 0.849. The fraction of sp³-hybridized carbons (Fsp3) is 0.538. The van der Waals surface area contributed by atoms with E-state index in [1.165, 1.54) is 5.56 Å². The number of likely N-dealkylation sites (N-methyl/N-ethyl adjacent to an activating group) is 1. The zero-order valence-electron chi connectivity index (χ0n) is 9.96. The molecular formula is C13H19ClN2. The maximum Gasteiger partial charge on any atom is 0.0437 e. The first-order chi connectivity index (χ1) is 7.66. The molecule has 16 heavy (non-hydrogen) atoms. The molecule has 0 aliphatic carbocycles. The number of nitrogens with zero attached hydrogens (tertiary/aromatic N) is 1. The van der Waals surface area contributed by atoms with E-state index >= 15 is 0 Å². The number of aryl methyl sites for hydroxylation is 1. The van der Waals surface area contributed by atoms with Gasteiger partial charge in [0.05, 0.1) is 0 Å². The van der Waals surface area contributed by atoms with Gasteiger partial charge in [-0.05, 0) is 37.6 Å². The minimum absolute atomic E-state index is 0.590. The maximum atomic E-state index is 6.14. The molecule has 0 spiro atoms. The standard InChI is InChI=1S/C13H19ClN2/c1-10-3-4-11(8-13(10)14)7-12-9-15-5-6-16(12)2/h3-4,8,12,15H,5-7,9H2,1-2H3. The van der Waals surface area contributed by atoms with Gasteiger partial charge in [-0.2, -0.15) is 0 Å². The second-order valence-electron chi connectivity index (χ2n) is 4.63. The second-order valence-corrected chi connectivity index (χ2v) is 5.03. The summed E-state index contributed by atoms with van der Waals surface area (Å²) in [7, 11) is 2.20. The van der Waals surface area contributed by atoms with Gasteiger partial charge in [-0.25, -0.2) is 0 Å². The monoisotopic (exact) mass is 238 g/mol.